The Bertz CT molecular complexity index is 856. The molecule has 6 nitrogen and oxygen atoms in total. The van der Waals surface area contributed by atoms with Crippen LogP contribution < -0.4 is 5.32 Å². The van der Waals surface area contributed by atoms with Crippen LogP contribution in [-0.4, -0.2) is 44.9 Å². The minimum Gasteiger partial charge on any atom is -0.293 e. The molecule has 0 unspecified atom stereocenters. The normalized spacial score (nSPS) is 17.3. The van der Waals surface area contributed by atoms with Crippen molar-refractivity contribution in [1.29, 1.82) is 0 Å². The molecule has 1 saturated heterocycles. The number of aromatic nitrogens is 3. The lowest BCUT2D eigenvalue weighted by Gasteiger charge is -2.34. The van der Waals surface area contributed by atoms with Crippen LogP contribution >= 0.6 is 11.3 Å². The molecule has 1 fully saturated rings. The number of thiazole rings is 1. The average Bonchev–Trinajstić information content (AvgIpc) is 3.12. The molecule has 1 aliphatic rings. The van der Waals surface area contributed by atoms with Gasteiger partial charge in [-0.15, -0.1) is 11.3 Å². The molecule has 1 N–H and O–H groups in total. The summed E-state index contributed by atoms with van der Waals surface area (Å²) < 4.78 is 1.25. The average molecular weight is 367 g/mol. The first-order valence-corrected chi connectivity index (χ1v) is 9.70. The molecule has 2 aromatic heterocycles. The number of anilines is 1. The van der Waals surface area contributed by atoms with Crippen LogP contribution in [0.4, 0.5) is 5.95 Å². The molecule has 26 heavy (non-hydrogen) atoms. The van der Waals surface area contributed by atoms with Crippen LogP contribution in [0.1, 0.15) is 30.7 Å². The Kier molecular flexibility index (Phi) is 4.90. The Balaban J connectivity index is 1.36. The number of carbonyl (C=O) groups excluding carboxylic acids is 1. The van der Waals surface area contributed by atoms with Crippen LogP contribution in [0.25, 0.3) is 10.2 Å². The third kappa shape index (κ3) is 3.59. The Labute approximate surface area is 156 Å². The molecule has 0 radical (unpaired) electrons. The molecule has 0 bridgehead atoms. The molecule has 0 saturated carbocycles. The molecule has 1 amide bonds. The summed E-state index contributed by atoms with van der Waals surface area (Å²) >= 11 is 1.80. The van der Waals surface area contributed by atoms with Crippen molar-refractivity contribution < 1.29 is 4.79 Å². The first-order valence-electron chi connectivity index (χ1n) is 8.88. The number of hydrogen-bond acceptors (Lipinski definition) is 6. The topological polar surface area (TPSA) is 71.0 Å². The molecular weight excluding hydrogens is 346 g/mol. The predicted octanol–water partition coefficient (Wildman–Crippen LogP) is 3.29. The summed E-state index contributed by atoms with van der Waals surface area (Å²) in [6, 6.07) is 9.82. The highest BCUT2D eigenvalue weighted by atomic mass is 32.1. The monoisotopic (exact) mass is 367 g/mol. The van der Waals surface area contributed by atoms with E-state index >= 15 is 0 Å². The van der Waals surface area contributed by atoms with E-state index in [1.165, 1.54) is 9.71 Å². The van der Waals surface area contributed by atoms with E-state index in [0.717, 1.165) is 31.4 Å². The maximum atomic E-state index is 12.4. The largest absolute Gasteiger partial charge is 0.293 e. The quantitative estimate of drug-likeness (QED) is 0.766. The van der Waals surface area contributed by atoms with Crippen LogP contribution in [0.2, 0.25) is 0 Å². The summed E-state index contributed by atoms with van der Waals surface area (Å²) in [6.07, 6.45) is 5.30. The van der Waals surface area contributed by atoms with Crippen LogP contribution in [0, 0.1) is 0 Å². The van der Waals surface area contributed by atoms with Gasteiger partial charge in [-0.1, -0.05) is 12.1 Å². The van der Waals surface area contributed by atoms with Gasteiger partial charge in [-0.25, -0.2) is 15.0 Å². The van der Waals surface area contributed by atoms with E-state index in [1.807, 2.05) is 13.0 Å². The molecule has 4 rings (SSSR count). The van der Waals surface area contributed by atoms with Crippen molar-refractivity contribution in [3.05, 3.63) is 47.7 Å². The number of rotatable bonds is 4. The highest BCUT2D eigenvalue weighted by Gasteiger charge is 2.28. The highest BCUT2D eigenvalue weighted by Crippen LogP contribution is 2.34. The van der Waals surface area contributed by atoms with Gasteiger partial charge in [0.25, 0.3) is 0 Å². The summed E-state index contributed by atoms with van der Waals surface area (Å²) in [4.78, 5) is 27.6. The Morgan fingerprint density at radius 1 is 1.19 bits per heavy atom. The maximum absolute atomic E-state index is 12.4. The van der Waals surface area contributed by atoms with Crippen molar-refractivity contribution in [2.24, 2.45) is 0 Å². The van der Waals surface area contributed by atoms with Crippen molar-refractivity contribution in [3.63, 3.8) is 0 Å². The Morgan fingerprint density at radius 2 is 1.92 bits per heavy atom. The zero-order valence-electron chi connectivity index (χ0n) is 14.6. The number of nitrogens with zero attached hydrogens (tertiary/aromatic N) is 4. The second kappa shape index (κ2) is 7.47. The molecule has 3 heterocycles. The third-order valence-electron chi connectivity index (χ3n) is 4.92. The number of carbonyl (C=O) groups is 1. The zero-order valence-corrected chi connectivity index (χ0v) is 15.4. The zero-order chi connectivity index (χ0) is 17.9. The van der Waals surface area contributed by atoms with Crippen LogP contribution in [0.5, 0.6) is 0 Å². The number of likely N-dealkylation sites (tertiary alicyclic amines) is 1. The van der Waals surface area contributed by atoms with Gasteiger partial charge < -0.3 is 0 Å². The van der Waals surface area contributed by atoms with E-state index in [1.54, 1.807) is 29.8 Å². The van der Waals surface area contributed by atoms with Gasteiger partial charge in [0.05, 0.1) is 21.3 Å². The summed E-state index contributed by atoms with van der Waals surface area (Å²) in [6.45, 7) is 3.73. The number of fused-ring (bicyclic) bond motifs is 1. The van der Waals surface area contributed by atoms with Crippen molar-refractivity contribution in [2.45, 2.75) is 31.7 Å². The SMILES string of the molecule is C[C@@H](C(=O)Nc1ncccn1)N1CCC(c2nc3ccccc3s2)CC1. The van der Waals surface area contributed by atoms with Gasteiger partial charge in [-0.2, -0.15) is 0 Å². The lowest BCUT2D eigenvalue weighted by atomic mass is 9.96. The van der Waals surface area contributed by atoms with Crippen molar-refractivity contribution >= 4 is 33.4 Å². The van der Waals surface area contributed by atoms with Gasteiger partial charge in [0.15, 0.2) is 0 Å². The first-order chi connectivity index (χ1) is 12.7. The molecule has 1 aromatic carbocycles. The molecule has 0 aliphatic carbocycles. The number of piperidine rings is 1. The smallest absolute Gasteiger partial charge is 0.243 e. The van der Waals surface area contributed by atoms with Crippen molar-refractivity contribution in [1.82, 2.24) is 19.9 Å². The minimum atomic E-state index is -0.199. The molecule has 7 heteroatoms. The second-order valence-corrected chi connectivity index (χ2v) is 7.63. The third-order valence-corrected chi connectivity index (χ3v) is 6.12. The first kappa shape index (κ1) is 17.1. The van der Waals surface area contributed by atoms with E-state index in [-0.39, 0.29) is 11.9 Å². The fourth-order valence-electron chi connectivity index (χ4n) is 3.34. The van der Waals surface area contributed by atoms with Gasteiger partial charge in [-0.05, 0) is 51.1 Å². The summed E-state index contributed by atoms with van der Waals surface area (Å²) in [5.41, 5.74) is 1.09. The van der Waals surface area contributed by atoms with Crippen LogP contribution in [-0.2, 0) is 4.79 Å². The number of amides is 1. The molecule has 3 aromatic rings. The van der Waals surface area contributed by atoms with Gasteiger partial charge in [-0.3, -0.25) is 15.0 Å². The summed E-state index contributed by atoms with van der Waals surface area (Å²) in [5.74, 6) is 0.778. The standard InChI is InChI=1S/C19H21N5OS/c1-13(17(25)23-19-20-9-4-10-21-19)24-11-7-14(8-12-24)18-22-15-5-2-3-6-16(15)26-18/h2-6,9-10,13-14H,7-8,11-12H2,1H3,(H,20,21,23,25)/t13-/m0/s1. The number of para-hydroxylation sites is 1. The van der Waals surface area contributed by atoms with Crippen LogP contribution in [0.15, 0.2) is 42.7 Å². The second-order valence-electron chi connectivity index (χ2n) is 6.57. The van der Waals surface area contributed by atoms with E-state index in [4.69, 9.17) is 4.98 Å². The Hall–Kier alpha value is -2.38. The number of nitrogens with one attached hydrogen (secondary N) is 1. The van der Waals surface area contributed by atoms with E-state index in [0.29, 0.717) is 11.9 Å². The van der Waals surface area contributed by atoms with E-state index in [9.17, 15) is 4.79 Å². The van der Waals surface area contributed by atoms with Gasteiger partial charge in [0, 0.05) is 18.3 Å². The summed E-state index contributed by atoms with van der Waals surface area (Å²) in [7, 11) is 0. The molecule has 1 atom stereocenters. The number of hydrogen-bond donors (Lipinski definition) is 1. The fraction of sp³-hybridized carbons (Fsp3) is 0.368. The fourth-order valence-corrected chi connectivity index (χ4v) is 4.48. The predicted molar refractivity (Wildman–Crippen MR) is 103 cm³/mol. The molecule has 134 valence electrons. The highest BCUT2D eigenvalue weighted by molar-refractivity contribution is 7.18. The molecule has 1 aliphatic heterocycles. The molecule has 0 spiro atoms. The Morgan fingerprint density at radius 3 is 2.65 bits per heavy atom. The minimum absolute atomic E-state index is 0.0605. The van der Waals surface area contributed by atoms with E-state index in [2.05, 4.69) is 38.4 Å². The number of benzene rings is 1. The lowest BCUT2D eigenvalue weighted by Crippen LogP contribution is -2.45. The lowest BCUT2D eigenvalue weighted by molar-refractivity contribution is -0.121. The van der Waals surface area contributed by atoms with Crippen molar-refractivity contribution in [2.75, 3.05) is 18.4 Å². The van der Waals surface area contributed by atoms with E-state index < -0.39 is 0 Å². The van der Waals surface area contributed by atoms with Gasteiger partial charge in [0.2, 0.25) is 11.9 Å². The van der Waals surface area contributed by atoms with Gasteiger partial charge >= 0.3 is 0 Å². The molecular formula is C19H21N5OS. The van der Waals surface area contributed by atoms with Crippen LogP contribution in [0.3, 0.4) is 0 Å². The van der Waals surface area contributed by atoms with Crippen molar-refractivity contribution in [3.8, 4) is 0 Å². The maximum Gasteiger partial charge on any atom is 0.243 e. The summed E-state index contributed by atoms with van der Waals surface area (Å²) in [5, 5.41) is 4.01. The van der Waals surface area contributed by atoms with Gasteiger partial charge in [0.1, 0.15) is 0 Å².